The van der Waals surface area contributed by atoms with Gasteiger partial charge in [0, 0.05) is 38.2 Å². The number of rotatable bonds is 3. The van der Waals surface area contributed by atoms with Gasteiger partial charge in [-0.25, -0.2) is 4.98 Å². The molecule has 0 spiro atoms. The Morgan fingerprint density at radius 1 is 1.32 bits per heavy atom. The van der Waals surface area contributed by atoms with E-state index in [4.69, 9.17) is 0 Å². The van der Waals surface area contributed by atoms with Crippen LogP contribution in [0.3, 0.4) is 0 Å². The van der Waals surface area contributed by atoms with Gasteiger partial charge in [-0.05, 0) is 31.7 Å². The van der Waals surface area contributed by atoms with Crippen LogP contribution < -0.4 is 0 Å². The molecular weight excluding hydrogens is 280 g/mol. The van der Waals surface area contributed by atoms with E-state index >= 15 is 0 Å². The second kappa shape index (κ2) is 5.23. The Hall–Kier alpha value is -2.18. The van der Waals surface area contributed by atoms with Crippen LogP contribution in [0, 0.1) is 0 Å². The van der Waals surface area contributed by atoms with Gasteiger partial charge in [0.15, 0.2) is 5.82 Å². The van der Waals surface area contributed by atoms with Gasteiger partial charge in [-0.2, -0.15) is 10.2 Å². The minimum atomic E-state index is 0.0441. The molecule has 1 saturated carbocycles. The fourth-order valence-corrected chi connectivity index (χ4v) is 3.13. The Morgan fingerprint density at radius 3 is 2.91 bits per heavy atom. The lowest BCUT2D eigenvalue weighted by atomic mass is 9.97. The van der Waals surface area contributed by atoms with Gasteiger partial charge in [-0.1, -0.05) is 0 Å². The first-order valence-corrected chi connectivity index (χ1v) is 7.92. The van der Waals surface area contributed by atoms with Crippen LogP contribution in [0.1, 0.15) is 59.7 Å². The largest absolute Gasteiger partial charge is 0.337 e. The highest BCUT2D eigenvalue weighted by molar-refractivity contribution is 5.92. The molecule has 0 aromatic carbocycles. The molecule has 1 amide bonds. The van der Waals surface area contributed by atoms with E-state index in [-0.39, 0.29) is 11.8 Å². The standard InChI is InChI=1S/C15H20N6O/c1-20-12(6-7-16-20)15(22)21-8-2-3-11(9-21)14-17-13(18-19-14)10-4-5-10/h6-7,10-11H,2-5,8-9H2,1H3,(H,17,18,19)/t11-/m0/s1. The molecular formula is C15H20N6O. The van der Waals surface area contributed by atoms with Crippen molar-refractivity contribution in [2.45, 2.75) is 37.5 Å². The monoisotopic (exact) mass is 300 g/mol. The number of hydrogen-bond acceptors (Lipinski definition) is 4. The summed E-state index contributed by atoms with van der Waals surface area (Å²) >= 11 is 0. The smallest absolute Gasteiger partial charge is 0.272 e. The molecule has 0 unspecified atom stereocenters. The summed E-state index contributed by atoms with van der Waals surface area (Å²) in [5.41, 5.74) is 0.634. The molecule has 1 aliphatic carbocycles. The summed E-state index contributed by atoms with van der Waals surface area (Å²) in [5, 5.41) is 11.5. The zero-order chi connectivity index (χ0) is 15.1. The molecule has 0 radical (unpaired) electrons. The van der Waals surface area contributed by atoms with E-state index in [9.17, 15) is 4.79 Å². The lowest BCUT2D eigenvalue weighted by Gasteiger charge is -2.31. The van der Waals surface area contributed by atoms with E-state index in [1.165, 1.54) is 12.8 Å². The summed E-state index contributed by atoms with van der Waals surface area (Å²) in [6, 6.07) is 1.77. The fourth-order valence-electron chi connectivity index (χ4n) is 3.13. The van der Waals surface area contributed by atoms with Gasteiger partial charge in [0.25, 0.3) is 5.91 Å². The zero-order valence-corrected chi connectivity index (χ0v) is 12.7. The van der Waals surface area contributed by atoms with Crippen molar-refractivity contribution in [3.8, 4) is 0 Å². The highest BCUT2D eigenvalue weighted by Crippen LogP contribution is 2.38. The van der Waals surface area contributed by atoms with Gasteiger partial charge in [-0.3, -0.25) is 14.6 Å². The molecule has 2 fully saturated rings. The Kier molecular flexibility index (Phi) is 3.20. The maximum Gasteiger partial charge on any atom is 0.272 e. The summed E-state index contributed by atoms with van der Waals surface area (Å²) in [6.07, 6.45) is 6.11. The third kappa shape index (κ3) is 2.40. The van der Waals surface area contributed by atoms with Crippen molar-refractivity contribution >= 4 is 5.91 Å². The average molecular weight is 300 g/mol. The van der Waals surface area contributed by atoms with Gasteiger partial charge < -0.3 is 4.90 Å². The molecule has 7 heteroatoms. The van der Waals surface area contributed by atoms with Crippen LogP contribution in [0.4, 0.5) is 0 Å². The third-order valence-corrected chi connectivity index (χ3v) is 4.60. The number of H-pyrrole nitrogens is 1. The van der Waals surface area contributed by atoms with Gasteiger partial charge in [0.1, 0.15) is 11.5 Å². The summed E-state index contributed by atoms with van der Waals surface area (Å²) in [6.45, 7) is 1.48. The van der Waals surface area contributed by atoms with Crippen LogP contribution in [0.15, 0.2) is 12.3 Å². The number of hydrogen-bond donors (Lipinski definition) is 1. The summed E-state index contributed by atoms with van der Waals surface area (Å²) < 4.78 is 1.63. The molecule has 0 bridgehead atoms. The molecule has 22 heavy (non-hydrogen) atoms. The molecule has 1 N–H and O–H groups in total. The van der Waals surface area contributed by atoms with Gasteiger partial charge in [0.05, 0.1) is 0 Å². The molecule has 4 rings (SSSR count). The van der Waals surface area contributed by atoms with Crippen molar-refractivity contribution in [2.24, 2.45) is 7.05 Å². The van der Waals surface area contributed by atoms with Gasteiger partial charge >= 0.3 is 0 Å². The average Bonchev–Trinajstić information content (AvgIpc) is 3.11. The van der Waals surface area contributed by atoms with Crippen LogP contribution >= 0.6 is 0 Å². The minimum Gasteiger partial charge on any atom is -0.337 e. The second-order valence-electron chi connectivity index (χ2n) is 6.28. The number of carbonyl (C=O) groups is 1. The maximum atomic E-state index is 12.6. The van der Waals surface area contributed by atoms with Gasteiger partial charge in [0.2, 0.25) is 0 Å². The van der Waals surface area contributed by atoms with E-state index in [2.05, 4.69) is 20.3 Å². The van der Waals surface area contributed by atoms with Crippen LogP contribution in [0.25, 0.3) is 0 Å². The Labute approximate surface area is 128 Å². The van der Waals surface area contributed by atoms with E-state index in [0.29, 0.717) is 18.2 Å². The first kappa shape index (κ1) is 13.5. The predicted molar refractivity (Wildman–Crippen MR) is 79.4 cm³/mol. The van der Waals surface area contributed by atoms with Crippen molar-refractivity contribution in [3.63, 3.8) is 0 Å². The molecule has 2 aliphatic rings. The van der Waals surface area contributed by atoms with Crippen LogP contribution in [0.2, 0.25) is 0 Å². The maximum absolute atomic E-state index is 12.6. The van der Waals surface area contributed by atoms with E-state index in [0.717, 1.165) is 31.0 Å². The van der Waals surface area contributed by atoms with Crippen molar-refractivity contribution in [3.05, 3.63) is 29.6 Å². The lowest BCUT2D eigenvalue weighted by Crippen LogP contribution is -2.40. The number of nitrogens with one attached hydrogen (secondary N) is 1. The lowest BCUT2D eigenvalue weighted by molar-refractivity contribution is 0.0693. The van der Waals surface area contributed by atoms with E-state index in [1.807, 2.05) is 4.90 Å². The number of aromatic nitrogens is 5. The van der Waals surface area contributed by atoms with Crippen LogP contribution in [-0.4, -0.2) is 48.9 Å². The SMILES string of the molecule is Cn1nccc1C(=O)N1CCC[C@H](c2n[nH]c(C3CC3)n2)C1. The second-order valence-corrected chi connectivity index (χ2v) is 6.28. The molecule has 2 aromatic heterocycles. The quantitative estimate of drug-likeness (QED) is 0.930. The van der Waals surface area contributed by atoms with E-state index in [1.54, 1.807) is 24.0 Å². The van der Waals surface area contributed by atoms with Crippen LogP contribution in [0.5, 0.6) is 0 Å². The minimum absolute atomic E-state index is 0.0441. The first-order valence-electron chi connectivity index (χ1n) is 7.92. The molecule has 116 valence electrons. The Bertz CT molecular complexity index is 686. The summed E-state index contributed by atoms with van der Waals surface area (Å²) in [4.78, 5) is 19.1. The normalized spacial score (nSPS) is 22.0. The van der Waals surface area contributed by atoms with E-state index < -0.39 is 0 Å². The van der Waals surface area contributed by atoms with Crippen molar-refractivity contribution in [2.75, 3.05) is 13.1 Å². The molecule has 2 aromatic rings. The van der Waals surface area contributed by atoms with Gasteiger partial charge in [-0.15, -0.1) is 0 Å². The number of amides is 1. The molecule has 3 heterocycles. The molecule has 1 saturated heterocycles. The van der Waals surface area contributed by atoms with Crippen molar-refractivity contribution < 1.29 is 4.79 Å². The summed E-state index contributed by atoms with van der Waals surface area (Å²) in [5.74, 6) is 2.74. The van der Waals surface area contributed by atoms with Crippen LogP contribution in [-0.2, 0) is 7.05 Å². The number of aromatic amines is 1. The fraction of sp³-hybridized carbons (Fsp3) is 0.600. The number of aryl methyl sites for hydroxylation is 1. The zero-order valence-electron chi connectivity index (χ0n) is 12.7. The number of carbonyl (C=O) groups excluding carboxylic acids is 1. The summed E-state index contributed by atoms with van der Waals surface area (Å²) in [7, 11) is 1.80. The number of nitrogens with zero attached hydrogens (tertiary/aromatic N) is 5. The Balaban J connectivity index is 1.49. The highest BCUT2D eigenvalue weighted by atomic mass is 16.2. The first-order chi connectivity index (χ1) is 10.7. The highest BCUT2D eigenvalue weighted by Gasteiger charge is 2.31. The number of likely N-dealkylation sites (tertiary alicyclic amines) is 1. The van der Waals surface area contributed by atoms with Crippen molar-refractivity contribution in [1.82, 2.24) is 29.9 Å². The third-order valence-electron chi connectivity index (χ3n) is 4.60. The molecule has 1 atom stereocenters. The molecule has 7 nitrogen and oxygen atoms in total. The predicted octanol–water partition coefficient (Wildman–Crippen LogP) is 1.44. The topological polar surface area (TPSA) is 79.7 Å². The van der Waals surface area contributed by atoms with Crippen molar-refractivity contribution in [1.29, 1.82) is 0 Å². The molecule has 1 aliphatic heterocycles. The Morgan fingerprint density at radius 2 is 2.18 bits per heavy atom. The number of piperidine rings is 1.